The highest BCUT2D eigenvalue weighted by molar-refractivity contribution is 7.25. The van der Waals surface area contributed by atoms with E-state index in [1.807, 2.05) is 31.2 Å². The lowest BCUT2D eigenvalue weighted by Crippen LogP contribution is -2.25. The highest BCUT2D eigenvalue weighted by Gasteiger charge is 2.17. The van der Waals surface area contributed by atoms with Crippen molar-refractivity contribution in [3.63, 3.8) is 0 Å². The molecular formula is C19H23N5O2S. The van der Waals surface area contributed by atoms with Gasteiger partial charge in [-0.3, -0.25) is 4.79 Å². The van der Waals surface area contributed by atoms with Crippen molar-refractivity contribution in [3.05, 3.63) is 47.0 Å². The molecule has 3 rings (SSSR count). The maximum absolute atomic E-state index is 13.1. The normalized spacial score (nSPS) is 12.5. The largest absolute Gasteiger partial charge is 0.381 e. The van der Waals surface area contributed by atoms with E-state index in [0.29, 0.717) is 17.7 Å². The molecule has 0 atom stereocenters. The number of nitrogens with zero attached hydrogens (tertiary/aromatic N) is 4. The van der Waals surface area contributed by atoms with Gasteiger partial charge in [-0.05, 0) is 12.5 Å². The third kappa shape index (κ3) is 3.78. The van der Waals surface area contributed by atoms with Gasteiger partial charge in [-0.1, -0.05) is 25.2 Å². The third-order valence-corrected chi connectivity index (χ3v) is 5.25. The average Bonchev–Trinajstić information content (AvgIpc) is 3.04. The average molecular weight is 385 g/mol. The van der Waals surface area contributed by atoms with Gasteiger partial charge in [-0.25, -0.2) is 15.5 Å². The van der Waals surface area contributed by atoms with E-state index in [2.05, 4.69) is 10.1 Å². The molecule has 142 valence electrons. The summed E-state index contributed by atoms with van der Waals surface area (Å²) in [7, 11) is 3.41. The summed E-state index contributed by atoms with van der Waals surface area (Å²) in [5.41, 5.74) is 1.52. The van der Waals surface area contributed by atoms with Gasteiger partial charge in [0.15, 0.2) is 0 Å². The maximum atomic E-state index is 13.1. The summed E-state index contributed by atoms with van der Waals surface area (Å²) in [6.45, 7) is 2.58. The molecule has 8 heteroatoms. The second-order valence-corrected chi connectivity index (χ2v) is 7.06. The fourth-order valence-corrected chi connectivity index (χ4v) is 4.00. The lowest BCUT2D eigenvalue weighted by molar-refractivity contribution is 0.233. The van der Waals surface area contributed by atoms with Gasteiger partial charge in [0, 0.05) is 43.2 Å². The number of pyridine rings is 1. The molecular weight excluding hydrogens is 362 g/mol. The van der Waals surface area contributed by atoms with Crippen molar-refractivity contribution in [3.8, 4) is 0 Å². The summed E-state index contributed by atoms with van der Waals surface area (Å²) >= 11 is 1.37. The van der Waals surface area contributed by atoms with E-state index in [4.69, 9.17) is 10.6 Å². The number of allylic oxidation sites excluding steroid dienone is 3. The minimum absolute atomic E-state index is 0.138. The van der Waals surface area contributed by atoms with E-state index < -0.39 is 0 Å². The molecule has 0 amide bonds. The number of fused-ring (bicyclic) bond motifs is 3. The van der Waals surface area contributed by atoms with Crippen LogP contribution in [0, 0.1) is 0 Å². The smallest absolute Gasteiger partial charge is 0.289 e. The molecule has 3 heterocycles. The Labute approximate surface area is 161 Å². The van der Waals surface area contributed by atoms with Crippen molar-refractivity contribution in [1.82, 2.24) is 14.8 Å². The Kier molecular flexibility index (Phi) is 6.00. The number of thiophene rings is 1. The minimum Gasteiger partial charge on any atom is -0.381 e. The molecule has 0 fully saturated rings. The Balaban J connectivity index is 2.14. The van der Waals surface area contributed by atoms with E-state index in [0.717, 1.165) is 33.4 Å². The molecule has 0 aliphatic rings. The van der Waals surface area contributed by atoms with Gasteiger partial charge in [0.1, 0.15) is 9.53 Å². The van der Waals surface area contributed by atoms with Gasteiger partial charge < -0.3 is 9.75 Å². The Bertz CT molecular complexity index is 1070. The number of hydrazine groups is 1. The molecule has 2 N–H and O–H groups in total. The van der Waals surface area contributed by atoms with Gasteiger partial charge in [-0.15, -0.1) is 11.3 Å². The summed E-state index contributed by atoms with van der Waals surface area (Å²) in [5, 5.41) is 7.61. The van der Waals surface area contributed by atoms with Gasteiger partial charge in [-0.2, -0.15) is 5.10 Å². The number of methoxy groups -OCH3 is 1. The van der Waals surface area contributed by atoms with Crippen molar-refractivity contribution in [2.45, 2.75) is 19.8 Å². The summed E-state index contributed by atoms with van der Waals surface area (Å²) in [6.07, 6.45) is 10.8. The molecule has 0 saturated heterocycles. The zero-order valence-corrected chi connectivity index (χ0v) is 16.5. The minimum atomic E-state index is -0.138. The van der Waals surface area contributed by atoms with Crippen LogP contribution in [0.2, 0.25) is 0 Å². The third-order valence-electron chi connectivity index (χ3n) is 4.14. The lowest BCUT2D eigenvalue weighted by atomic mass is 10.2. The molecule has 0 unspecified atom stereocenters. The van der Waals surface area contributed by atoms with Gasteiger partial charge in [0.05, 0.1) is 18.5 Å². The summed E-state index contributed by atoms with van der Waals surface area (Å²) in [6, 6.07) is 1.84. The van der Waals surface area contributed by atoms with Crippen LogP contribution in [-0.4, -0.2) is 35.5 Å². The SMILES string of the molecule is CC/C=C(\C/C=C\COC)n1ncc2c(sc3nccc(N(C)N)c32)c1=O. The summed E-state index contributed by atoms with van der Waals surface area (Å²) < 4.78 is 7.13. The Morgan fingerprint density at radius 2 is 2.26 bits per heavy atom. The van der Waals surface area contributed by atoms with Crippen LogP contribution in [0.1, 0.15) is 19.8 Å². The first-order valence-electron chi connectivity index (χ1n) is 8.69. The quantitative estimate of drug-likeness (QED) is 0.382. The van der Waals surface area contributed by atoms with Crippen LogP contribution >= 0.6 is 11.3 Å². The van der Waals surface area contributed by atoms with E-state index in [1.54, 1.807) is 26.6 Å². The van der Waals surface area contributed by atoms with Gasteiger partial charge in [0.25, 0.3) is 5.56 Å². The molecule has 0 aromatic carbocycles. The number of aromatic nitrogens is 3. The molecule has 3 aromatic heterocycles. The predicted molar refractivity (Wildman–Crippen MR) is 112 cm³/mol. The monoisotopic (exact) mass is 385 g/mol. The Hall–Kier alpha value is -2.55. The van der Waals surface area contributed by atoms with Crippen LogP contribution in [0.15, 0.2) is 41.5 Å². The number of hydrogen-bond donors (Lipinski definition) is 1. The van der Waals surface area contributed by atoms with Crippen LogP contribution in [0.3, 0.4) is 0 Å². The Morgan fingerprint density at radius 1 is 1.44 bits per heavy atom. The summed E-state index contributed by atoms with van der Waals surface area (Å²) in [4.78, 5) is 18.3. The lowest BCUT2D eigenvalue weighted by Gasteiger charge is -2.13. The van der Waals surface area contributed by atoms with Crippen LogP contribution < -0.4 is 16.4 Å². The highest BCUT2D eigenvalue weighted by Crippen LogP contribution is 2.35. The zero-order valence-electron chi connectivity index (χ0n) is 15.7. The molecule has 0 bridgehead atoms. The molecule has 0 saturated carbocycles. The van der Waals surface area contributed by atoms with Crippen LogP contribution in [-0.2, 0) is 4.74 Å². The molecule has 3 aromatic rings. The molecule has 0 radical (unpaired) electrons. The summed E-state index contributed by atoms with van der Waals surface area (Å²) in [5.74, 6) is 5.94. The molecule has 0 aliphatic carbocycles. The topological polar surface area (TPSA) is 86.3 Å². The number of nitrogens with two attached hydrogens (primary N) is 1. The zero-order chi connectivity index (χ0) is 19.4. The van der Waals surface area contributed by atoms with Crippen molar-refractivity contribution in [2.75, 3.05) is 25.8 Å². The standard InChI is InChI=1S/C19H23N5O2S/c1-4-7-13(8-5-6-11-26-3)24-19(25)17-14(12-22-24)16-15(23(2)20)9-10-21-18(16)27-17/h5-7,9-10,12H,4,8,11,20H2,1-3H3/b6-5-,13-7+. The molecule has 0 spiro atoms. The van der Waals surface area contributed by atoms with E-state index in [1.165, 1.54) is 21.0 Å². The number of hydrogen-bond acceptors (Lipinski definition) is 7. The fraction of sp³-hybridized carbons (Fsp3) is 0.316. The first-order chi connectivity index (χ1) is 13.1. The number of rotatable bonds is 7. The van der Waals surface area contributed by atoms with Crippen LogP contribution in [0.5, 0.6) is 0 Å². The molecule has 27 heavy (non-hydrogen) atoms. The van der Waals surface area contributed by atoms with E-state index in [9.17, 15) is 4.79 Å². The van der Waals surface area contributed by atoms with Gasteiger partial charge >= 0.3 is 0 Å². The van der Waals surface area contributed by atoms with Crippen LogP contribution in [0.4, 0.5) is 5.69 Å². The van der Waals surface area contributed by atoms with Crippen molar-refractivity contribution in [2.24, 2.45) is 5.84 Å². The second kappa shape index (κ2) is 8.43. The first-order valence-corrected chi connectivity index (χ1v) is 9.51. The second-order valence-electron chi connectivity index (χ2n) is 6.06. The molecule has 0 aliphatic heterocycles. The van der Waals surface area contributed by atoms with E-state index in [-0.39, 0.29) is 5.56 Å². The van der Waals surface area contributed by atoms with Gasteiger partial charge in [0.2, 0.25) is 0 Å². The fourth-order valence-electron chi connectivity index (χ4n) is 2.93. The Morgan fingerprint density at radius 3 is 2.96 bits per heavy atom. The van der Waals surface area contributed by atoms with Crippen LogP contribution in [0.25, 0.3) is 26.0 Å². The number of anilines is 1. The first kappa shape index (κ1) is 19.2. The highest BCUT2D eigenvalue weighted by atomic mass is 32.1. The maximum Gasteiger partial charge on any atom is 0.289 e. The van der Waals surface area contributed by atoms with E-state index >= 15 is 0 Å². The van der Waals surface area contributed by atoms with Crippen molar-refractivity contribution in [1.29, 1.82) is 0 Å². The van der Waals surface area contributed by atoms with Crippen molar-refractivity contribution >= 4 is 43.0 Å². The predicted octanol–water partition coefficient (Wildman–Crippen LogP) is 3.16. The van der Waals surface area contributed by atoms with Crippen molar-refractivity contribution < 1.29 is 4.74 Å². The molecule has 7 nitrogen and oxygen atoms in total. The number of ether oxygens (including phenoxy) is 1.